The summed E-state index contributed by atoms with van der Waals surface area (Å²) in [4.78, 5) is 2.18. The molecular formula is C27H32FN5O3S. The van der Waals surface area contributed by atoms with Crippen molar-refractivity contribution in [3.05, 3.63) is 48.7 Å². The van der Waals surface area contributed by atoms with Crippen molar-refractivity contribution in [3.8, 4) is 17.7 Å². The monoisotopic (exact) mass is 525 g/mol. The predicted octanol–water partition coefficient (Wildman–Crippen LogP) is 3.86. The number of sulfone groups is 1. The Morgan fingerprint density at radius 2 is 2.08 bits per heavy atom. The lowest BCUT2D eigenvalue weighted by Crippen LogP contribution is -2.46. The van der Waals surface area contributed by atoms with Crippen LogP contribution in [-0.2, 0) is 9.84 Å². The van der Waals surface area contributed by atoms with E-state index in [1.54, 1.807) is 10.7 Å². The summed E-state index contributed by atoms with van der Waals surface area (Å²) < 4.78 is 45.2. The van der Waals surface area contributed by atoms with Crippen molar-refractivity contribution in [2.45, 2.75) is 30.5 Å². The van der Waals surface area contributed by atoms with E-state index in [1.807, 2.05) is 37.1 Å². The standard InChI is InChI=1S/C27H32FN5O3S/c1-18(2)27-20-8-6-9-24(30-22-12-15-32(3)17-21(22)28)26(20)31-33(27)14-7-13-29-23-11-10-19(37(5,34)35)16-25(23)36-4/h6,8-11,16,21-22,29-30H,1,12-13,15,17H2,2-5H3/t21-,22+/m0/s1. The highest BCUT2D eigenvalue weighted by Crippen LogP contribution is 2.31. The summed E-state index contributed by atoms with van der Waals surface area (Å²) in [6.45, 7) is 7.51. The molecule has 3 aromatic rings. The van der Waals surface area contributed by atoms with E-state index < -0.39 is 16.0 Å². The molecule has 1 fully saturated rings. The fourth-order valence-electron chi connectivity index (χ4n) is 4.44. The topological polar surface area (TPSA) is 88.5 Å². The number of hydrogen-bond donors (Lipinski definition) is 2. The van der Waals surface area contributed by atoms with Gasteiger partial charge in [-0.3, -0.25) is 0 Å². The van der Waals surface area contributed by atoms with Gasteiger partial charge in [0.2, 0.25) is 0 Å². The van der Waals surface area contributed by atoms with Gasteiger partial charge in [-0.15, -0.1) is 0 Å². The number of hydrogen-bond acceptors (Lipinski definition) is 7. The molecule has 0 radical (unpaired) electrons. The Bertz CT molecular complexity index is 1490. The summed E-state index contributed by atoms with van der Waals surface area (Å²) in [5.41, 5.74) is 3.71. The molecule has 0 aliphatic carbocycles. The molecular weight excluding hydrogens is 493 g/mol. The number of anilines is 2. The van der Waals surface area contributed by atoms with Gasteiger partial charge in [-0.05, 0) is 44.2 Å². The maximum Gasteiger partial charge on any atom is 0.175 e. The molecule has 196 valence electrons. The Kier molecular flexibility index (Phi) is 7.76. The van der Waals surface area contributed by atoms with Crippen LogP contribution >= 0.6 is 0 Å². The third-order valence-corrected chi connectivity index (χ3v) is 7.46. The van der Waals surface area contributed by atoms with Gasteiger partial charge in [0.05, 0.1) is 41.7 Å². The second-order valence-electron chi connectivity index (χ2n) is 9.34. The number of nitrogens with one attached hydrogen (secondary N) is 2. The zero-order valence-electron chi connectivity index (χ0n) is 21.5. The molecule has 37 heavy (non-hydrogen) atoms. The van der Waals surface area contributed by atoms with E-state index in [9.17, 15) is 12.8 Å². The van der Waals surface area contributed by atoms with Crippen LogP contribution in [-0.4, -0.2) is 75.4 Å². The molecule has 0 spiro atoms. The van der Waals surface area contributed by atoms with E-state index in [-0.39, 0.29) is 17.5 Å². The molecule has 2 N–H and O–H groups in total. The molecule has 0 amide bonds. The van der Waals surface area contributed by atoms with E-state index >= 15 is 0 Å². The molecule has 1 aliphatic rings. The fourth-order valence-corrected chi connectivity index (χ4v) is 5.07. The van der Waals surface area contributed by atoms with Crippen molar-refractivity contribution < 1.29 is 17.5 Å². The number of fused-ring (bicyclic) bond motifs is 1. The van der Waals surface area contributed by atoms with Crippen molar-refractivity contribution in [2.75, 3.05) is 50.7 Å². The molecule has 8 nitrogen and oxygen atoms in total. The van der Waals surface area contributed by atoms with Gasteiger partial charge in [0.25, 0.3) is 0 Å². The highest BCUT2D eigenvalue weighted by Gasteiger charge is 2.28. The lowest BCUT2D eigenvalue weighted by atomic mass is 10.0. The SMILES string of the molecule is C=C(C)c1c2cccc(N[C@@H]3CCN(C)C[C@@H]3F)c2nn1C#CCNc1ccc(S(C)(=O)=O)cc1OC. The predicted molar refractivity (Wildman–Crippen MR) is 147 cm³/mol. The van der Waals surface area contributed by atoms with Gasteiger partial charge in [0, 0.05) is 36.8 Å². The summed E-state index contributed by atoms with van der Waals surface area (Å²) in [5.74, 6) is 3.46. The molecule has 10 heteroatoms. The number of likely N-dealkylation sites (tertiary alicyclic amines) is 1. The number of rotatable bonds is 7. The lowest BCUT2D eigenvalue weighted by molar-refractivity contribution is 0.149. The number of benzene rings is 2. The molecule has 1 aromatic heterocycles. The summed E-state index contributed by atoms with van der Waals surface area (Å²) >= 11 is 0. The van der Waals surface area contributed by atoms with Crippen LogP contribution in [0.3, 0.4) is 0 Å². The summed E-state index contributed by atoms with van der Waals surface area (Å²) in [7, 11) is 0.0688. The second-order valence-corrected chi connectivity index (χ2v) is 11.4. The molecule has 0 unspecified atom stereocenters. The van der Waals surface area contributed by atoms with E-state index in [2.05, 4.69) is 29.2 Å². The first-order valence-electron chi connectivity index (χ1n) is 12.0. The third kappa shape index (κ3) is 5.89. The number of allylic oxidation sites excluding steroid dienone is 1. The van der Waals surface area contributed by atoms with Crippen molar-refractivity contribution in [1.29, 1.82) is 0 Å². The number of halogens is 1. The Morgan fingerprint density at radius 1 is 1.30 bits per heavy atom. The largest absolute Gasteiger partial charge is 0.495 e. The molecule has 2 atom stereocenters. The van der Waals surface area contributed by atoms with Gasteiger partial charge >= 0.3 is 0 Å². The smallest absolute Gasteiger partial charge is 0.175 e. The van der Waals surface area contributed by atoms with E-state index in [1.165, 1.54) is 19.2 Å². The summed E-state index contributed by atoms with van der Waals surface area (Å²) in [6.07, 6.45) is 0.895. The summed E-state index contributed by atoms with van der Waals surface area (Å²) in [5, 5.41) is 12.1. The van der Waals surface area contributed by atoms with Gasteiger partial charge in [0.15, 0.2) is 9.84 Å². The maximum absolute atomic E-state index is 14.7. The molecule has 2 heterocycles. The van der Waals surface area contributed by atoms with Crippen LogP contribution in [0.5, 0.6) is 5.75 Å². The first-order chi connectivity index (χ1) is 17.6. The van der Waals surface area contributed by atoms with Crippen molar-refractivity contribution >= 4 is 37.7 Å². The van der Waals surface area contributed by atoms with Gasteiger partial charge in [0.1, 0.15) is 17.4 Å². The van der Waals surface area contributed by atoms with Crippen LogP contribution in [0.4, 0.5) is 15.8 Å². The van der Waals surface area contributed by atoms with Gasteiger partial charge in [-0.2, -0.15) is 9.78 Å². The third-order valence-electron chi connectivity index (χ3n) is 6.35. The normalized spacial score (nSPS) is 18.2. The number of piperidine rings is 1. The first-order valence-corrected chi connectivity index (χ1v) is 13.8. The average Bonchev–Trinajstić information content (AvgIpc) is 3.22. The number of ether oxygens (including phenoxy) is 1. The zero-order valence-corrected chi connectivity index (χ0v) is 22.3. The molecule has 0 bridgehead atoms. The molecule has 2 aromatic carbocycles. The minimum atomic E-state index is -3.34. The van der Waals surface area contributed by atoms with E-state index in [0.29, 0.717) is 29.9 Å². The van der Waals surface area contributed by atoms with Crippen LogP contribution in [0, 0.1) is 12.0 Å². The van der Waals surface area contributed by atoms with Gasteiger partial charge in [-0.25, -0.2) is 12.8 Å². The second kappa shape index (κ2) is 10.8. The maximum atomic E-state index is 14.7. The average molecular weight is 526 g/mol. The van der Waals surface area contributed by atoms with Crippen LogP contribution in [0.15, 0.2) is 47.9 Å². The fraction of sp³-hybridized carbons (Fsp3) is 0.370. The number of aromatic nitrogens is 2. The Hall–Kier alpha value is -3.55. The van der Waals surface area contributed by atoms with Crippen LogP contribution in [0.1, 0.15) is 19.0 Å². The Morgan fingerprint density at radius 3 is 2.76 bits per heavy atom. The molecule has 1 saturated heterocycles. The highest BCUT2D eigenvalue weighted by molar-refractivity contribution is 7.90. The minimum Gasteiger partial charge on any atom is -0.495 e. The van der Waals surface area contributed by atoms with Gasteiger partial charge in [-0.1, -0.05) is 24.6 Å². The number of nitrogens with zero attached hydrogens (tertiary/aromatic N) is 3. The van der Waals surface area contributed by atoms with Crippen LogP contribution < -0.4 is 15.4 Å². The number of alkyl halides is 1. The molecule has 4 rings (SSSR count). The quantitative estimate of drug-likeness (QED) is 0.453. The van der Waals surface area contributed by atoms with Crippen LogP contribution in [0.2, 0.25) is 0 Å². The molecule has 0 saturated carbocycles. The molecule has 1 aliphatic heterocycles. The number of methoxy groups -OCH3 is 1. The van der Waals surface area contributed by atoms with Crippen molar-refractivity contribution in [1.82, 2.24) is 14.7 Å². The van der Waals surface area contributed by atoms with E-state index in [4.69, 9.17) is 9.84 Å². The minimum absolute atomic E-state index is 0.180. The highest BCUT2D eigenvalue weighted by atomic mass is 32.2. The first kappa shape index (κ1) is 26.5. The van der Waals surface area contributed by atoms with Crippen molar-refractivity contribution in [3.63, 3.8) is 0 Å². The Balaban J connectivity index is 1.57. The van der Waals surface area contributed by atoms with Crippen molar-refractivity contribution in [2.24, 2.45) is 0 Å². The van der Waals surface area contributed by atoms with Gasteiger partial charge < -0.3 is 20.3 Å². The van der Waals surface area contributed by atoms with Crippen LogP contribution in [0.25, 0.3) is 16.5 Å². The lowest BCUT2D eigenvalue weighted by Gasteiger charge is -2.33. The Labute approximate surface area is 217 Å². The zero-order chi connectivity index (χ0) is 26.7. The summed E-state index contributed by atoms with van der Waals surface area (Å²) in [6, 6.07) is 13.2. The van der Waals surface area contributed by atoms with E-state index in [0.717, 1.165) is 35.1 Å².